The van der Waals surface area contributed by atoms with Crippen LogP contribution in [0.3, 0.4) is 0 Å². The average Bonchev–Trinajstić information content (AvgIpc) is 2.38. The molecule has 0 fully saturated rings. The molecule has 0 aliphatic heterocycles. The van der Waals surface area contributed by atoms with Gasteiger partial charge in [-0.05, 0) is 30.7 Å². The predicted molar refractivity (Wildman–Crippen MR) is 70.1 cm³/mol. The number of hydrogen-bond donors (Lipinski definition) is 1. The van der Waals surface area contributed by atoms with Crippen molar-refractivity contribution >= 4 is 17.1 Å². The maximum atomic E-state index is 10.7. The van der Waals surface area contributed by atoms with Crippen molar-refractivity contribution < 1.29 is 4.92 Å². The molecule has 1 aromatic heterocycles. The summed E-state index contributed by atoms with van der Waals surface area (Å²) in [6.45, 7) is 1.91. The third kappa shape index (κ3) is 2.84. The van der Waals surface area contributed by atoms with E-state index >= 15 is 0 Å². The number of benzene rings is 1. The Bertz CT molecular complexity index is 677. The van der Waals surface area contributed by atoms with Crippen molar-refractivity contribution in [2.75, 3.05) is 5.32 Å². The number of aromatic nitrogens is 1. The number of rotatable bonds is 3. The lowest BCUT2D eigenvalue weighted by molar-refractivity contribution is -0.385. The van der Waals surface area contributed by atoms with Gasteiger partial charge in [0.25, 0.3) is 5.69 Å². The maximum absolute atomic E-state index is 10.7. The SMILES string of the molecule is Cc1cncc(Nc2ccc([N+](=O)[O-])c(C#N)c2)c1. The molecule has 0 aliphatic rings. The minimum Gasteiger partial charge on any atom is -0.354 e. The number of pyridine rings is 1. The minimum absolute atomic E-state index is 0.0237. The van der Waals surface area contributed by atoms with Crippen LogP contribution in [-0.4, -0.2) is 9.91 Å². The second-order valence-electron chi connectivity index (χ2n) is 3.98. The minimum atomic E-state index is -0.573. The summed E-state index contributed by atoms with van der Waals surface area (Å²) in [7, 11) is 0. The summed E-state index contributed by atoms with van der Waals surface area (Å²) in [5.41, 5.74) is 2.19. The van der Waals surface area contributed by atoms with Gasteiger partial charge in [-0.1, -0.05) is 0 Å². The van der Waals surface area contributed by atoms with Crippen LogP contribution in [0.1, 0.15) is 11.1 Å². The van der Waals surface area contributed by atoms with E-state index in [-0.39, 0.29) is 11.3 Å². The number of hydrogen-bond acceptors (Lipinski definition) is 5. The second kappa shape index (κ2) is 5.14. The molecule has 1 heterocycles. The van der Waals surface area contributed by atoms with E-state index < -0.39 is 4.92 Å². The summed E-state index contributed by atoms with van der Waals surface area (Å²) >= 11 is 0. The third-order valence-electron chi connectivity index (χ3n) is 2.48. The first-order chi connectivity index (χ1) is 9.10. The van der Waals surface area contributed by atoms with Gasteiger partial charge in [0.05, 0.1) is 16.8 Å². The zero-order chi connectivity index (χ0) is 13.8. The van der Waals surface area contributed by atoms with E-state index in [0.717, 1.165) is 11.3 Å². The van der Waals surface area contributed by atoms with Gasteiger partial charge in [-0.2, -0.15) is 5.26 Å². The van der Waals surface area contributed by atoms with Crippen molar-refractivity contribution in [2.24, 2.45) is 0 Å². The quantitative estimate of drug-likeness (QED) is 0.671. The Labute approximate surface area is 109 Å². The third-order valence-corrected chi connectivity index (χ3v) is 2.48. The highest BCUT2D eigenvalue weighted by Gasteiger charge is 2.13. The van der Waals surface area contributed by atoms with Crippen LogP contribution < -0.4 is 5.32 Å². The zero-order valence-electron chi connectivity index (χ0n) is 10.1. The van der Waals surface area contributed by atoms with Gasteiger partial charge in [0.2, 0.25) is 0 Å². The molecular formula is C13H10N4O2. The van der Waals surface area contributed by atoms with Gasteiger partial charge in [-0.25, -0.2) is 0 Å². The smallest absolute Gasteiger partial charge is 0.287 e. The van der Waals surface area contributed by atoms with Crippen LogP contribution in [0.5, 0.6) is 0 Å². The molecule has 1 aromatic carbocycles. The van der Waals surface area contributed by atoms with Gasteiger partial charge in [-0.15, -0.1) is 0 Å². The Morgan fingerprint density at radius 1 is 1.32 bits per heavy atom. The van der Waals surface area contributed by atoms with Gasteiger partial charge >= 0.3 is 0 Å². The number of nitrogens with one attached hydrogen (secondary N) is 1. The van der Waals surface area contributed by atoms with Gasteiger partial charge in [0.15, 0.2) is 0 Å². The number of nitriles is 1. The lowest BCUT2D eigenvalue weighted by atomic mass is 10.1. The maximum Gasteiger partial charge on any atom is 0.287 e. The van der Waals surface area contributed by atoms with Crippen LogP contribution in [-0.2, 0) is 0 Å². The molecule has 0 radical (unpaired) electrons. The average molecular weight is 254 g/mol. The highest BCUT2D eigenvalue weighted by atomic mass is 16.6. The van der Waals surface area contributed by atoms with Gasteiger partial charge in [0, 0.05) is 18.0 Å². The van der Waals surface area contributed by atoms with Crippen LogP contribution in [0.15, 0.2) is 36.7 Å². The van der Waals surface area contributed by atoms with E-state index in [1.165, 1.54) is 12.1 Å². The lowest BCUT2D eigenvalue weighted by Gasteiger charge is -2.07. The van der Waals surface area contributed by atoms with Crippen molar-refractivity contribution in [3.8, 4) is 6.07 Å². The Kier molecular flexibility index (Phi) is 3.39. The number of nitro benzene ring substituents is 1. The fourth-order valence-corrected chi connectivity index (χ4v) is 1.65. The summed E-state index contributed by atoms with van der Waals surface area (Å²) in [4.78, 5) is 14.2. The van der Waals surface area contributed by atoms with E-state index in [1.54, 1.807) is 18.5 Å². The predicted octanol–water partition coefficient (Wildman–Crippen LogP) is 2.91. The number of aryl methyl sites for hydroxylation is 1. The second-order valence-corrected chi connectivity index (χ2v) is 3.98. The summed E-state index contributed by atoms with van der Waals surface area (Å²) in [6, 6.07) is 8.02. The summed E-state index contributed by atoms with van der Waals surface area (Å²) < 4.78 is 0. The molecule has 6 nitrogen and oxygen atoms in total. The Hall–Kier alpha value is -2.94. The summed E-state index contributed by atoms with van der Waals surface area (Å²) in [5.74, 6) is 0. The number of nitro groups is 1. The molecule has 0 bridgehead atoms. The van der Waals surface area contributed by atoms with Gasteiger partial charge < -0.3 is 5.32 Å². The van der Waals surface area contributed by atoms with E-state index in [1.807, 2.05) is 19.1 Å². The molecule has 0 saturated heterocycles. The van der Waals surface area contributed by atoms with Gasteiger partial charge in [0.1, 0.15) is 11.6 Å². The molecular weight excluding hydrogens is 244 g/mol. The monoisotopic (exact) mass is 254 g/mol. The van der Waals surface area contributed by atoms with Crippen molar-refractivity contribution in [2.45, 2.75) is 6.92 Å². The topological polar surface area (TPSA) is 91.8 Å². The van der Waals surface area contributed by atoms with Crippen LogP contribution in [0.2, 0.25) is 0 Å². The largest absolute Gasteiger partial charge is 0.354 e. The van der Waals surface area contributed by atoms with Crippen LogP contribution in [0.25, 0.3) is 0 Å². The van der Waals surface area contributed by atoms with Crippen LogP contribution in [0, 0.1) is 28.4 Å². The Morgan fingerprint density at radius 3 is 2.74 bits per heavy atom. The van der Waals surface area contributed by atoms with Crippen molar-refractivity contribution in [1.82, 2.24) is 4.98 Å². The number of nitrogens with zero attached hydrogens (tertiary/aromatic N) is 3. The molecule has 0 atom stereocenters. The molecule has 0 spiro atoms. The zero-order valence-corrected chi connectivity index (χ0v) is 10.1. The molecule has 19 heavy (non-hydrogen) atoms. The first kappa shape index (κ1) is 12.5. The fourth-order valence-electron chi connectivity index (χ4n) is 1.65. The van der Waals surface area contributed by atoms with E-state index in [0.29, 0.717) is 5.69 Å². The molecule has 0 unspecified atom stereocenters. The molecule has 0 saturated carbocycles. The van der Waals surface area contributed by atoms with E-state index in [4.69, 9.17) is 5.26 Å². The normalized spacial score (nSPS) is 9.68. The molecule has 94 valence electrons. The van der Waals surface area contributed by atoms with Crippen LogP contribution in [0.4, 0.5) is 17.1 Å². The van der Waals surface area contributed by atoms with Crippen molar-refractivity contribution in [1.29, 1.82) is 5.26 Å². The lowest BCUT2D eigenvalue weighted by Crippen LogP contribution is -1.96. The molecule has 2 aromatic rings. The highest BCUT2D eigenvalue weighted by molar-refractivity contribution is 5.65. The molecule has 6 heteroatoms. The van der Waals surface area contributed by atoms with E-state index in [9.17, 15) is 10.1 Å². The van der Waals surface area contributed by atoms with Gasteiger partial charge in [-0.3, -0.25) is 15.1 Å². The molecule has 2 rings (SSSR count). The van der Waals surface area contributed by atoms with E-state index in [2.05, 4.69) is 10.3 Å². The standard InChI is InChI=1S/C13H10N4O2/c1-9-4-12(8-15-7-9)16-11-2-3-13(17(18)19)10(5-11)6-14/h2-5,7-8,16H,1H3. The van der Waals surface area contributed by atoms with Crippen molar-refractivity contribution in [3.05, 3.63) is 57.9 Å². The highest BCUT2D eigenvalue weighted by Crippen LogP contribution is 2.24. The van der Waals surface area contributed by atoms with Crippen LogP contribution >= 0.6 is 0 Å². The van der Waals surface area contributed by atoms with Crippen molar-refractivity contribution in [3.63, 3.8) is 0 Å². The molecule has 0 aliphatic carbocycles. The first-order valence-electron chi connectivity index (χ1n) is 5.47. The Balaban J connectivity index is 2.32. The fraction of sp³-hybridized carbons (Fsp3) is 0.0769. The first-order valence-corrected chi connectivity index (χ1v) is 5.47. The summed E-state index contributed by atoms with van der Waals surface area (Å²) in [5, 5.41) is 22.7. The number of anilines is 2. The Morgan fingerprint density at radius 2 is 2.11 bits per heavy atom. The molecule has 1 N–H and O–H groups in total. The molecule has 0 amide bonds. The summed E-state index contributed by atoms with van der Waals surface area (Å²) in [6.07, 6.45) is 3.36.